The van der Waals surface area contributed by atoms with Gasteiger partial charge >= 0.3 is 0 Å². The Kier molecular flexibility index (Phi) is 5.43. The zero-order valence-corrected chi connectivity index (χ0v) is 13.4. The molecule has 2 rings (SSSR count). The van der Waals surface area contributed by atoms with Gasteiger partial charge < -0.3 is 5.11 Å². The minimum absolute atomic E-state index is 0.156. The molecule has 2 nitrogen and oxygen atoms in total. The molecule has 1 aromatic heterocycles. The second-order valence-electron chi connectivity index (χ2n) is 6.03. The molecule has 1 aromatic rings. The molecular formula is C16H28NOS+. The van der Waals surface area contributed by atoms with Crippen LogP contribution in [0.1, 0.15) is 61.8 Å². The van der Waals surface area contributed by atoms with Gasteiger partial charge in [0.15, 0.2) is 10.3 Å². The summed E-state index contributed by atoms with van der Waals surface area (Å²) in [4.78, 5) is 1.60. The second kappa shape index (κ2) is 6.87. The topological polar surface area (TPSA) is 23.5 Å². The molecule has 0 spiro atoms. The maximum atomic E-state index is 9.58. The number of rotatable bonds is 5. The monoisotopic (exact) mass is 282 g/mol. The van der Waals surface area contributed by atoms with Gasteiger partial charge in [0.2, 0.25) is 0 Å². The highest BCUT2D eigenvalue weighted by atomic mass is 32.2. The molecule has 2 unspecified atom stereocenters. The molecule has 19 heavy (non-hydrogen) atoms. The summed E-state index contributed by atoms with van der Waals surface area (Å²) in [5.41, 5.74) is 1.61. The van der Waals surface area contributed by atoms with Crippen molar-refractivity contribution in [3.8, 4) is 0 Å². The van der Waals surface area contributed by atoms with Crippen LogP contribution in [0.2, 0.25) is 0 Å². The molecule has 3 heteroatoms. The van der Waals surface area contributed by atoms with Crippen LogP contribution in [0, 0.1) is 0 Å². The van der Waals surface area contributed by atoms with Crippen LogP contribution in [0.25, 0.3) is 0 Å². The summed E-state index contributed by atoms with van der Waals surface area (Å²) in [5.74, 6) is 0.784. The van der Waals surface area contributed by atoms with Crippen molar-refractivity contribution in [1.82, 2.24) is 0 Å². The van der Waals surface area contributed by atoms with Gasteiger partial charge in [0.1, 0.15) is 0 Å². The van der Waals surface area contributed by atoms with Gasteiger partial charge in [-0.1, -0.05) is 19.3 Å². The fourth-order valence-electron chi connectivity index (χ4n) is 3.14. The fourth-order valence-corrected chi connectivity index (χ4v) is 5.07. The van der Waals surface area contributed by atoms with E-state index in [-0.39, 0.29) is 16.8 Å². The molecule has 1 heterocycles. The van der Waals surface area contributed by atoms with Crippen molar-refractivity contribution in [2.24, 2.45) is 0 Å². The molecule has 1 fully saturated rings. The Balaban J connectivity index is 2.20. The van der Waals surface area contributed by atoms with Crippen LogP contribution >= 0.6 is 10.7 Å². The summed E-state index contributed by atoms with van der Waals surface area (Å²) < 4.78 is 2.32. The quantitative estimate of drug-likeness (QED) is 0.825. The van der Waals surface area contributed by atoms with Crippen molar-refractivity contribution in [3.63, 3.8) is 0 Å². The number of thiophene rings is 1. The first-order chi connectivity index (χ1) is 9.09. The van der Waals surface area contributed by atoms with Crippen molar-refractivity contribution in [1.29, 1.82) is 0 Å². The minimum Gasteiger partial charge on any atom is -0.393 e. The molecule has 0 bridgehead atoms. The van der Waals surface area contributed by atoms with E-state index in [1.807, 2.05) is 6.92 Å². The summed E-state index contributed by atoms with van der Waals surface area (Å²) >= 11 is 0. The maximum absolute atomic E-state index is 9.58. The van der Waals surface area contributed by atoms with E-state index in [4.69, 9.17) is 0 Å². The Morgan fingerprint density at radius 1 is 1.32 bits per heavy atom. The Morgan fingerprint density at radius 3 is 2.58 bits per heavy atom. The van der Waals surface area contributed by atoms with Gasteiger partial charge in [-0.25, -0.2) is 0 Å². The Labute approximate surface area is 120 Å². The molecule has 0 radical (unpaired) electrons. The highest BCUT2D eigenvalue weighted by Crippen LogP contribution is 2.40. The van der Waals surface area contributed by atoms with Gasteiger partial charge in [-0.3, -0.25) is 0 Å². The minimum atomic E-state index is -0.187. The highest BCUT2D eigenvalue weighted by molar-refractivity contribution is 7.32. The predicted molar refractivity (Wildman–Crippen MR) is 84.8 cm³/mol. The molecule has 0 aliphatic heterocycles. The highest BCUT2D eigenvalue weighted by Gasteiger charge is 2.28. The number of nitrogens with zero attached hydrogens (tertiary/aromatic N) is 1. The first kappa shape index (κ1) is 15.0. The molecule has 1 saturated carbocycles. The molecular weight excluding hydrogens is 254 g/mol. The van der Waals surface area contributed by atoms with Crippen LogP contribution < -0.4 is 4.31 Å². The van der Waals surface area contributed by atoms with E-state index in [0.29, 0.717) is 0 Å². The number of aliphatic hydroxyl groups is 1. The van der Waals surface area contributed by atoms with E-state index in [0.717, 1.165) is 18.8 Å². The van der Waals surface area contributed by atoms with Crippen LogP contribution in [0.5, 0.6) is 0 Å². The number of hydrogen-bond donors (Lipinski definition) is 1. The molecule has 1 aliphatic carbocycles. The average Bonchev–Trinajstić information content (AvgIpc) is 2.81. The smallest absolute Gasteiger partial charge is 0.175 e. The number of aliphatic hydroxyl groups excluding tert-OH is 1. The summed E-state index contributed by atoms with van der Waals surface area (Å²) in [5, 5.41) is 12.0. The van der Waals surface area contributed by atoms with Crippen molar-refractivity contribution in [3.05, 3.63) is 21.9 Å². The molecule has 1 N–H and O–H groups in total. The third-order valence-electron chi connectivity index (χ3n) is 4.18. The van der Waals surface area contributed by atoms with Gasteiger partial charge in [-0.15, -0.1) is 4.31 Å². The average molecular weight is 282 g/mol. The lowest BCUT2D eigenvalue weighted by Crippen LogP contribution is -2.11. The van der Waals surface area contributed by atoms with Gasteiger partial charge in [0, 0.05) is 32.1 Å². The molecule has 0 amide bonds. The lowest BCUT2D eigenvalue weighted by Gasteiger charge is -2.21. The van der Waals surface area contributed by atoms with Gasteiger partial charge in [-0.05, 0) is 32.1 Å². The Morgan fingerprint density at radius 2 is 2.00 bits per heavy atom. The standard InChI is InChI=1S/C16H28NOS/c1-13(18)9-10-16-15(11-12-19(16)17(2)3)14-7-5-4-6-8-14/h11-14,18H,4-10H2,1-3H3/q+1. The maximum Gasteiger partial charge on any atom is 0.175 e. The third kappa shape index (κ3) is 3.80. The zero-order chi connectivity index (χ0) is 13.8. The Hall–Kier alpha value is -0.380. The lowest BCUT2D eigenvalue weighted by molar-refractivity contribution is 0.185. The summed E-state index contributed by atoms with van der Waals surface area (Å²) in [7, 11) is 4.49. The van der Waals surface area contributed by atoms with Crippen LogP contribution in [0.4, 0.5) is 0 Å². The van der Waals surface area contributed by atoms with E-state index in [9.17, 15) is 5.11 Å². The first-order valence-electron chi connectivity index (χ1n) is 7.59. The lowest BCUT2D eigenvalue weighted by atomic mass is 9.84. The van der Waals surface area contributed by atoms with E-state index >= 15 is 0 Å². The molecule has 0 saturated heterocycles. The third-order valence-corrected chi connectivity index (χ3v) is 6.30. The van der Waals surface area contributed by atoms with Crippen molar-refractivity contribution < 1.29 is 5.11 Å². The SMILES string of the molecule is CC(O)CCc1c(C2CCCCC2)cc[s+]1N(C)C. The van der Waals surface area contributed by atoms with E-state index in [1.54, 1.807) is 10.4 Å². The van der Waals surface area contributed by atoms with Crippen molar-refractivity contribution >= 4 is 10.7 Å². The van der Waals surface area contributed by atoms with Crippen LogP contribution in [0.3, 0.4) is 0 Å². The summed E-state index contributed by atoms with van der Waals surface area (Å²) in [6.07, 6.45) is 8.68. The molecule has 1 aliphatic rings. The molecule has 0 aromatic carbocycles. The Bertz CT molecular complexity index is 391. The van der Waals surface area contributed by atoms with E-state index < -0.39 is 0 Å². The summed E-state index contributed by atoms with van der Waals surface area (Å²) in [6.45, 7) is 1.90. The van der Waals surface area contributed by atoms with E-state index in [2.05, 4.69) is 29.8 Å². The second-order valence-corrected chi connectivity index (χ2v) is 8.16. The molecule has 108 valence electrons. The van der Waals surface area contributed by atoms with Crippen molar-refractivity contribution in [2.45, 2.75) is 63.9 Å². The zero-order valence-electron chi connectivity index (χ0n) is 12.6. The van der Waals surface area contributed by atoms with E-state index in [1.165, 1.54) is 32.1 Å². The van der Waals surface area contributed by atoms with Gasteiger partial charge in [0.05, 0.1) is 16.8 Å². The van der Waals surface area contributed by atoms with Gasteiger partial charge in [0.25, 0.3) is 0 Å². The van der Waals surface area contributed by atoms with Crippen LogP contribution in [-0.2, 0) is 6.42 Å². The van der Waals surface area contributed by atoms with Crippen molar-refractivity contribution in [2.75, 3.05) is 18.4 Å². The first-order valence-corrected chi connectivity index (χ1v) is 8.84. The van der Waals surface area contributed by atoms with Crippen LogP contribution in [-0.4, -0.2) is 25.3 Å². The largest absolute Gasteiger partial charge is 0.393 e. The summed E-state index contributed by atoms with van der Waals surface area (Å²) in [6, 6.07) is 2.39. The number of hydrogen-bond acceptors (Lipinski definition) is 2. The normalized spacial score (nSPS) is 19.9. The van der Waals surface area contributed by atoms with Gasteiger partial charge in [-0.2, -0.15) is 0 Å². The predicted octanol–water partition coefficient (Wildman–Crippen LogP) is 3.99. The fraction of sp³-hybridized carbons (Fsp3) is 0.750. The van der Waals surface area contributed by atoms with Crippen LogP contribution in [0.15, 0.2) is 11.4 Å². The molecule has 2 atom stereocenters.